The smallest absolute Gasteiger partial charge is 0.123 e. The highest BCUT2D eigenvalue weighted by atomic mass is 79.9. The molecule has 0 saturated carbocycles. The van der Waals surface area contributed by atoms with Crippen LogP contribution in [-0.4, -0.2) is 6.10 Å². The highest BCUT2D eigenvalue weighted by Gasteiger charge is 2.21. The largest absolute Gasteiger partial charge is 0.490 e. The van der Waals surface area contributed by atoms with Gasteiger partial charge in [0.25, 0.3) is 0 Å². The molecule has 1 aliphatic rings. The van der Waals surface area contributed by atoms with Crippen LogP contribution in [0.1, 0.15) is 33.3 Å². The molecule has 2 aromatic rings. The molecule has 4 heteroatoms. The first kappa shape index (κ1) is 13.7. The van der Waals surface area contributed by atoms with Gasteiger partial charge in [0.05, 0.1) is 8.61 Å². The Labute approximate surface area is 134 Å². The molecule has 1 aliphatic heterocycles. The fourth-order valence-corrected chi connectivity index (χ4v) is 4.65. The number of hydrogen-bond acceptors (Lipinski definition) is 2. The van der Waals surface area contributed by atoms with Gasteiger partial charge in [-0.05, 0) is 58.6 Å². The molecule has 2 unspecified atom stereocenters. The van der Waals surface area contributed by atoms with Crippen LogP contribution in [0.4, 0.5) is 0 Å². The van der Waals surface area contributed by atoms with Crippen LogP contribution in [0.3, 0.4) is 0 Å². The lowest BCUT2D eigenvalue weighted by atomic mass is 10.0. The van der Waals surface area contributed by atoms with E-state index in [0.29, 0.717) is 6.10 Å². The molecule has 0 saturated heterocycles. The van der Waals surface area contributed by atoms with Gasteiger partial charge in [-0.15, -0.1) is 11.3 Å². The van der Waals surface area contributed by atoms with Crippen molar-refractivity contribution in [3.8, 4) is 5.75 Å². The van der Waals surface area contributed by atoms with Crippen LogP contribution >= 0.6 is 43.2 Å². The summed E-state index contributed by atoms with van der Waals surface area (Å²) in [7, 11) is 0. The summed E-state index contributed by atoms with van der Waals surface area (Å²) in [4.78, 5) is 1.58. The monoisotopic (exact) mass is 400 g/mol. The summed E-state index contributed by atoms with van der Waals surface area (Å²) in [6.45, 7) is 4.24. The quantitative estimate of drug-likeness (QED) is 0.592. The number of halogens is 2. The molecule has 1 aromatic carbocycles. The van der Waals surface area contributed by atoms with Crippen molar-refractivity contribution in [2.45, 2.75) is 31.2 Å². The third-order valence-corrected chi connectivity index (χ3v) is 6.87. The van der Waals surface area contributed by atoms with E-state index in [1.54, 1.807) is 11.3 Å². The van der Waals surface area contributed by atoms with Gasteiger partial charge in [-0.25, -0.2) is 0 Å². The standard InChI is InChI=1S/C15H14Br2OS/c1-8-5-13(19-15(8)17)14(16)10-3-4-12-11(7-10)6-9(2)18-12/h3-5,7,9,14H,6H2,1-2H3. The summed E-state index contributed by atoms with van der Waals surface area (Å²) in [5.74, 6) is 1.04. The zero-order chi connectivity index (χ0) is 13.6. The predicted molar refractivity (Wildman–Crippen MR) is 87.8 cm³/mol. The van der Waals surface area contributed by atoms with Gasteiger partial charge in [-0.1, -0.05) is 28.1 Å². The average molecular weight is 402 g/mol. The second kappa shape index (κ2) is 5.23. The molecule has 0 bridgehead atoms. The Kier molecular flexibility index (Phi) is 3.76. The molecule has 0 radical (unpaired) electrons. The van der Waals surface area contributed by atoms with Crippen molar-refractivity contribution >= 4 is 43.2 Å². The first-order valence-corrected chi connectivity index (χ1v) is 8.76. The molecule has 0 spiro atoms. The number of rotatable bonds is 2. The molecule has 0 amide bonds. The predicted octanol–water partition coefficient (Wildman–Crippen LogP) is 5.63. The van der Waals surface area contributed by atoms with E-state index < -0.39 is 0 Å². The maximum Gasteiger partial charge on any atom is 0.123 e. The van der Waals surface area contributed by atoms with Crippen molar-refractivity contribution in [2.24, 2.45) is 0 Å². The molecule has 2 heterocycles. The SMILES string of the molecule is Cc1cc(C(Br)c2ccc3c(c2)CC(C)O3)sc1Br. The lowest BCUT2D eigenvalue weighted by Gasteiger charge is -2.09. The van der Waals surface area contributed by atoms with Crippen molar-refractivity contribution in [3.63, 3.8) is 0 Å². The Bertz CT molecular complexity index is 601. The van der Waals surface area contributed by atoms with E-state index in [9.17, 15) is 0 Å². The van der Waals surface area contributed by atoms with Gasteiger partial charge in [0.1, 0.15) is 11.9 Å². The van der Waals surface area contributed by atoms with E-state index in [-0.39, 0.29) is 4.83 Å². The van der Waals surface area contributed by atoms with Crippen LogP contribution in [0.2, 0.25) is 0 Å². The van der Waals surface area contributed by atoms with Crippen LogP contribution in [0, 0.1) is 6.92 Å². The number of thiophene rings is 1. The van der Waals surface area contributed by atoms with Crippen LogP contribution in [0.15, 0.2) is 28.1 Å². The number of fused-ring (bicyclic) bond motifs is 1. The van der Waals surface area contributed by atoms with E-state index in [0.717, 1.165) is 12.2 Å². The lowest BCUT2D eigenvalue weighted by molar-refractivity contribution is 0.254. The Morgan fingerprint density at radius 1 is 1.37 bits per heavy atom. The second-order valence-electron chi connectivity index (χ2n) is 4.97. The fourth-order valence-electron chi connectivity index (χ4n) is 2.37. The van der Waals surface area contributed by atoms with Crippen molar-refractivity contribution in [1.29, 1.82) is 0 Å². The van der Waals surface area contributed by atoms with Gasteiger partial charge in [-0.3, -0.25) is 0 Å². The van der Waals surface area contributed by atoms with Crippen molar-refractivity contribution in [2.75, 3.05) is 0 Å². The molecule has 1 nitrogen and oxygen atoms in total. The third kappa shape index (κ3) is 2.63. The molecule has 100 valence electrons. The zero-order valence-electron chi connectivity index (χ0n) is 10.7. The first-order valence-electron chi connectivity index (χ1n) is 6.24. The molecule has 19 heavy (non-hydrogen) atoms. The van der Waals surface area contributed by atoms with E-state index in [4.69, 9.17) is 4.74 Å². The van der Waals surface area contributed by atoms with Gasteiger partial charge in [0, 0.05) is 11.3 Å². The summed E-state index contributed by atoms with van der Waals surface area (Å²) < 4.78 is 6.96. The van der Waals surface area contributed by atoms with Gasteiger partial charge in [0.15, 0.2) is 0 Å². The Hall–Kier alpha value is -0.320. The van der Waals surface area contributed by atoms with Crippen LogP contribution in [-0.2, 0) is 6.42 Å². The average Bonchev–Trinajstić information content (AvgIpc) is 2.90. The van der Waals surface area contributed by atoms with Gasteiger partial charge in [0.2, 0.25) is 0 Å². The van der Waals surface area contributed by atoms with Crippen molar-refractivity contribution in [3.05, 3.63) is 49.6 Å². The maximum absolute atomic E-state index is 5.75. The summed E-state index contributed by atoms with van der Waals surface area (Å²) in [6.07, 6.45) is 1.31. The Balaban J connectivity index is 1.92. The summed E-state index contributed by atoms with van der Waals surface area (Å²) in [5, 5.41) is 0. The number of aryl methyl sites for hydroxylation is 1. The minimum absolute atomic E-state index is 0.253. The number of hydrogen-bond donors (Lipinski definition) is 0. The van der Waals surface area contributed by atoms with E-state index in [2.05, 4.69) is 70.0 Å². The van der Waals surface area contributed by atoms with Crippen molar-refractivity contribution < 1.29 is 4.74 Å². The Morgan fingerprint density at radius 2 is 2.16 bits per heavy atom. The molecule has 2 atom stereocenters. The van der Waals surface area contributed by atoms with Gasteiger partial charge < -0.3 is 4.74 Å². The fraction of sp³-hybridized carbons (Fsp3) is 0.333. The molecule has 0 N–H and O–H groups in total. The highest BCUT2D eigenvalue weighted by Crippen LogP contribution is 2.41. The summed E-state index contributed by atoms with van der Waals surface area (Å²) in [5.41, 5.74) is 3.91. The molecular weight excluding hydrogens is 388 g/mol. The van der Waals surface area contributed by atoms with Gasteiger partial charge in [-0.2, -0.15) is 0 Å². The molecule has 1 aromatic heterocycles. The molecule has 0 fully saturated rings. The summed E-state index contributed by atoms with van der Waals surface area (Å²) >= 11 is 9.20. The molecule has 0 aliphatic carbocycles. The Morgan fingerprint density at radius 3 is 2.84 bits per heavy atom. The second-order valence-corrected chi connectivity index (χ2v) is 8.29. The molecular formula is C15H14Br2OS. The van der Waals surface area contributed by atoms with Crippen molar-refractivity contribution in [1.82, 2.24) is 0 Å². The van der Waals surface area contributed by atoms with Gasteiger partial charge >= 0.3 is 0 Å². The minimum atomic E-state index is 0.253. The zero-order valence-corrected chi connectivity index (χ0v) is 14.7. The highest BCUT2D eigenvalue weighted by molar-refractivity contribution is 9.11. The first-order chi connectivity index (χ1) is 9.04. The lowest BCUT2D eigenvalue weighted by Crippen LogP contribution is -2.05. The number of ether oxygens (including phenoxy) is 1. The van der Waals surface area contributed by atoms with E-state index in [1.165, 1.54) is 25.4 Å². The van der Waals surface area contributed by atoms with Crippen LogP contribution in [0.25, 0.3) is 0 Å². The topological polar surface area (TPSA) is 9.23 Å². The van der Waals surface area contributed by atoms with E-state index >= 15 is 0 Å². The minimum Gasteiger partial charge on any atom is -0.490 e. The number of alkyl halides is 1. The normalized spacial score (nSPS) is 19.1. The van der Waals surface area contributed by atoms with E-state index in [1.807, 2.05) is 0 Å². The summed E-state index contributed by atoms with van der Waals surface area (Å²) in [6, 6.07) is 8.75. The maximum atomic E-state index is 5.75. The number of benzene rings is 1. The van der Waals surface area contributed by atoms with Crippen LogP contribution in [0.5, 0.6) is 5.75 Å². The third-order valence-electron chi connectivity index (χ3n) is 3.34. The van der Waals surface area contributed by atoms with Crippen LogP contribution < -0.4 is 4.74 Å². The molecule has 3 rings (SSSR count).